The molecule has 0 spiro atoms. The van der Waals surface area contributed by atoms with Crippen LogP contribution in [0.25, 0.3) is 0 Å². The van der Waals surface area contributed by atoms with Crippen LogP contribution in [0.5, 0.6) is 5.75 Å². The Bertz CT molecular complexity index is 906. The minimum absolute atomic E-state index is 0.129. The third-order valence-corrected chi connectivity index (χ3v) is 4.30. The smallest absolute Gasteiger partial charge is 0.138 e. The van der Waals surface area contributed by atoms with Gasteiger partial charge in [0.1, 0.15) is 18.2 Å². The molecule has 0 aromatic heterocycles. The van der Waals surface area contributed by atoms with Crippen LogP contribution in [0.2, 0.25) is 5.02 Å². The number of aryl methyl sites for hydroxylation is 1. The maximum absolute atomic E-state index is 13.6. The van der Waals surface area contributed by atoms with Crippen LogP contribution in [0.1, 0.15) is 23.6 Å². The third kappa shape index (κ3) is 4.70. The first-order valence-electron chi connectivity index (χ1n) is 8.44. The number of hydrogen-bond donors (Lipinski definition) is 0. The zero-order valence-electron chi connectivity index (χ0n) is 14.5. The highest BCUT2D eigenvalue weighted by Gasteiger charge is 2.05. The SMILES string of the molecule is CCc1ccc(N=Cc2ccc(OCc3ccccc3F)c(Cl)c2)cc1. The van der Waals surface area contributed by atoms with E-state index in [2.05, 4.69) is 24.0 Å². The maximum atomic E-state index is 13.6. The van der Waals surface area contributed by atoms with Gasteiger partial charge in [-0.1, -0.05) is 48.9 Å². The van der Waals surface area contributed by atoms with Crippen LogP contribution in [-0.4, -0.2) is 6.21 Å². The van der Waals surface area contributed by atoms with Gasteiger partial charge in [0.25, 0.3) is 0 Å². The van der Waals surface area contributed by atoms with Crippen molar-refractivity contribution in [3.05, 3.63) is 94.3 Å². The van der Waals surface area contributed by atoms with Crippen LogP contribution in [-0.2, 0) is 13.0 Å². The molecule has 0 aliphatic rings. The summed E-state index contributed by atoms with van der Waals surface area (Å²) in [6, 6.07) is 20.1. The summed E-state index contributed by atoms with van der Waals surface area (Å²) in [6.07, 6.45) is 2.77. The number of hydrogen-bond acceptors (Lipinski definition) is 2. The molecule has 0 heterocycles. The lowest BCUT2D eigenvalue weighted by Crippen LogP contribution is -1.99. The molecule has 0 fully saturated rings. The minimum Gasteiger partial charge on any atom is -0.487 e. The van der Waals surface area contributed by atoms with Gasteiger partial charge >= 0.3 is 0 Å². The molecule has 132 valence electrons. The molecule has 0 unspecified atom stereocenters. The lowest BCUT2D eigenvalue weighted by Gasteiger charge is -2.09. The third-order valence-electron chi connectivity index (χ3n) is 4.00. The van der Waals surface area contributed by atoms with E-state index >= 15 is 0 Å². The second kappa shape index (κ2) is 8.63. The predicted molar refractivity (Wildman–Crippen MR) is 105 cm³/mol. The Kier molecular flexibility index (Phi) is 6.03. The number of ether oxygens (including phenoxy) is 1. The quantitative estimate of drug-likeness (QED) is 0.464. The molecule has 3 aromatic rings. The van der Waals surface area contributed by atoms with Crippen LogP contribution in [0.3, 0.4) is 0 Å². The van der Waals surface area contributed by atoms with Gasteiger partial charge in [0.15, 0.2) is 0 Å². The van der Waals surface area contributed by atoms with E-state index in [1.54, 1.807) is 36.5 Å². The van der Waals surface area contributed by atoms with E-state index in [0.29, 0.717) is 16.3 Å². The lowest BCUT2D eigenvalue weighted by molar-refractivity contribution is 0.300. The van der Waals surface area contributed by atoms with E-state index in [-0.39, 0.29) is 12.4 Å². The van der Waals surface area contributed by atoms with E-state index in [0.717, 1.165) is 17.7 Å². The molecule has 0 saturated heterocycles. The fourth-order valence-electron chi connectivity index (χ4n) is 2.45. The van der Waals surface area contributed by atoms with Gasteiger partial charge in [0.05, 0.1) is 10.7 Å². The number of rotatable bonds is 6. The van der Waals surface area contributed by atoms with Gasteiger partial charge in [0.2, 0.25) is 0 Å². The molecular formula is C22H19ClFNO. The van der Waals surface area contributed by atoms with Crippen LogP contribution in [0.15, 0.2) is 71.7 Å². The zero-order chi connectivity index (χ0) is 18.4. The molecule has 0 atom stereocenters. The minimum atomic E-state index is -0.290. The standard InChI is InChI=1S/C22H19ClFNO/c1-2-16-7-10-19(11-8-16)25-14-17-9-12-22(20(23)13-17)26-15-18-5-3-4-6-21(18)24/h3-14H,2,15H2,1H3. The van der Waals surface area contributed by atoms with E-state index < -0.39 is 0 Å². The molecule has 3 rings (SSSR count). The molecule has 0 N–H and O–H groups in total. The van der Waals surface area contributed by atoms with Crippen molar-refractivity contribution in [2.24, 2.45) is 4.99 Å². The van der Waals surface area contributed by atoms with E-state index in [4.69, 9.17) is 16.3 Å². The Morgan fingerprint density at radius 2 is 1.81 bits per heavy atom. The molecule has 26 heavy (non-hydrogen) atoms. The Hall–Kier alpha value is -2.65. The zero-order valence-corrected chi connectivity index (χ0v) is 15.2. The van der Waals surface area contributed by atoms with Gasteiger partial charge in [-0.25, -0.2) is 4.39 Å². The first-order valence-corrected chi connectivity index (χ1v) is 8.82. The summed E-state index contributed by atoms with van der Waals surface area (Å²) in [5.74, 6) is 0.223. The second-order valence-electron chi connectivity index (χ2n) is 5.85. The molecule has 0 amide bonds. The number of benzene rings is 3. The maximum Gasteiger partial charge on any atom is 0.138 e. The van der Waals surface area contributed by atoms with Gasteiger partial charge < -0.3 is 4.74 Å². The Balaban J connectivity index is 1.66. The predicted octanol–water partition coefficient (Wildman–Crippen LogP) is 6.37. The molecule has 2 nitrogen and oxygen atoms in total. The summed E-state index contributed by atoms with van der Waals surface area (Å²) in [7, 11) is 0. The molecule has 0 saturated carbocycles. The van der Waals surface area contributed by atoms with Crippen molar-refractivity contribution in [2.45, 2.75) is 20.0 Å². The van der Waals surface area contributed by atoms with Crippen molar-refractivity contribution in [1.82, 2.24) is 0 Å². The van der Waals surface area contributed by atoms with Gasteiger partial charge in [-0.05, 0) is 53.9 Å². The topological polar surface area (TPSA) is 21.6 Å². The summed E-state index contributed by atoms with van der Waals surface area (Å²) in [5.41, 5.74) is 3.53. The van der Waals surface area contributed by atoms with Crippen LogP contribution >= 0.6 is 11.6 Å². The number of aliphatic imine (C=N–C) groups is 1. The first kappa shape index (κ1) is 18.2. The average molecular weight is 368 g/mol. The van der Waals surface area contributed by atoms with Crippen molar-refractivity contribution < 1.29 is 9.13 Å². The summed E-state index contributed by atoms with van der Waals surface area (Å²) in [6.45, 7) is 2.25. The normalized spacial score (nSPS) is 11.0. The van der Waals surface area contributed by atoms with E-state index in [9.17, 15) is 4.39 Å². The largest absolute Gasteiger partial charge is 0.487 e. The molecule has 0 radical (unpaired) electrons. The first-order chi connectivity index (χ1) is 12.7. The summed E-state index contributed by atoms with van der Waals surface area (Å²) in [4.78, 5) is 4.45. The fraction of sp³-hybridized carbons (Fsp3) is 0.136. The Morgan fingerprint density at radius 1 is 1.04 bits per heavy atom. The van der Waals surface area contributed by atoms with Crippen LogP contribution in [0.4, 0.5) is 10.1 Å². The summed E-state index contributed by atoms with van der Waals surface area (Å²) in [5, 5.41) is 0.464. The number of halogens is 2. The van der Waals surface area contributed by atoms with Gasteiger partial charge in [-0.15, -0.1) is 0 Å². The summed E-state index contributed by atoms with van der Waals surface area (Å²) >= 11 is 6.28. The van der Waals surface area contributed by atoms with E-state index in [1.807, 2.05) is 18.2 Å². The van der Waals surface area contributed by atoms with Gasteiger partial charge in [-0.2, -0.15) is 0 Å². The molecule has 0 bridgehead atoms. The van der Waals surface area contributed by atoms with E-state index in [1.165, 1.54) is 11.6 Å². The molecule has 0 aliphatic carbocycles. The highest BCUT2D eigenvalue weighted by Crippen LogP contribution is 2.26. The van der Waals surface area contributed by atoms with Crippen molar-refractivity contribution in [3.63, 3.8) is 0 Å². The van der Waals surface area contributed by atoms with Crippen molar-refractivity contribution in [2.75, 3.05) is 0 Å². The van der Waals surface area contributed by atoms with Crippen molar-refractivity contribution in [1.29, 1.82) is 0 Å². The second-order valence-corrected chi connectivity index (χ2v) is 6.26. The fourth-order valence-corrected chi connectivity index (χ4v) is 2.70. The average Bonchev–Trinajstić information content (AvgIpc) is 2.67. The van der Waals surface area contributed by atoms with Crippen LogP contribution < -0.4 is 4.74 Å². The molecule has 0 aliphatic heterocycles. The molecular weight excluding hydrogens is 349 g/mol. The van der Waals surface area contributed by atoms with Gasteiger partial charge in [-0.3, -0.25) is 4.99 Å². The van der Waals surface area contributed by atoms with Crippen LogP contribution in [0, 0.1) is 5.82 Å². The van der Waals surface area contributed by atoms with Gasteiger partial charge in [0, 0.05) is 11.8 Å². The Labute approximate surface area is 157 Å². The van der Waals surface area contributed by atoms with Crippen molar-refractivity contribution >= 4 is 23.5 Å². The molecule has 4 heteroatoms. The number of nitrogens with zero attached hydrogens (tertiary/aromatic N) is 1. The summed E-state index contributed by atoms with van der Waals surface area (Å²) < 4.78 is 19.3. The lowest BCUT2D eigenvalue weighted by atomic mass is 10.1. The highest BCUT2D eigenvalue weighted by molar-refractivity contribution is 6.32. The Morgan fingerprint density at radius 3 is 2.50 bits per heavy atom. The highest BCUT2D eigenvalue weighted by atomic mass is 35.5. The monoisotopic (exact) mass is 367 g/mol. The van der Waals surface area contributed by atoms with Crippen molar-refractivity contribution in [3.8, 4) is 5.75 Å². The molecule has 3 aromatic carbocycles.